The molecule has 0 aromatic rings. The highest BCUT2D eigenvalue weighted by atomic mass is 16.1. The second-order valence-corrected chi connectivity index (χ2v) is 4.64. The Balaban J connectivity index is 2.32. The largest absolute Gasteiger partial charge is 0.338 e. The van der Waals surface area contributed by atoms with Crippen LogP contribution >= 0.6 is 0 Å². The maximum absolute atomic E-state index is 11.5. The van der Waals surface area contributed by atoms with Crippen LogP contribution in [0.2, 0.25) is 0 Å². The van der Waals surface area contributed by atoms with E-state index >= 15 is 0 Å². The average molecular weight is 194 g/mol. The summed E-state index contributed by atoms with van der Waals surface area (Å²) in [7, 11) is 0. The average Bonchev–Trinajstić information content (AvgIpc) is 2.55. The van der Waals surface area contributed by atoms with Crippen LogP contribution in [0.25, 0.3) is 0 Å². The quantitative estimate of drug-likeness (QED) is 0.747. The first-order valence-electron chi connectivity index (χ1n) is 5.26. The number of hydrogen-bond donors (Lipinski definition) is 1. The number of nitrogens with one attached hydrogen (secondary N) is 1. The van der Waals surface area contributed by atoms with Gasteiger partial charge in [-0.2, -0.15) is 5.26 Å². The van der Waals surface area contributed by atoms with Crippen molar-refractivity contribution < 1.29 is 4.79 Å². The minimum Gasteiger partial charge on any atom is -0.338 e. The van der Waals surface area contributed by atoms with Crippen molar-refractivity contribution in [3.05, 3.63) is 0 Å². The number of nitrogens with zero attached hydrogens (tertiary/aromatic N) is 1. The third kappa shape index (κ3) is 3.37. The van der Waals surface area contributed by atoms with Gasteiger partial charge in [-0.25, -0.2) is 0 Å². The van der Waals surface area contributed by atoms with Gasteiger partial charge in [-0.15, -0.1) is 0 Å². The summed E-state index contributed by atoms with van der Waals surface area (Å²) < 4.78 is 0. The molecule has 0 spiro atoms. The van der Waals surface area contributed by atoms with Gasteiger partial charge >= 0.3 is 0 Å². The second-order valence-electron chi connectivity index (χ2n) is 4.64. The molecule has 1 aliphatic rings. The summed E-state index contributed by atoms with van der Waals surface area (Å²) in [5.74, 6) is 0.563. The number of hydrogen-bond acceptors (Lipinski definition) is 2. The van der Waals surface area contributed by atoms with Crippen LogP contribution in [0.1, 0.15) is 46.0 Å². The zero-order valence-electron chi connectivity index (χ0n) is 8.97. The monoisotopic (exact) mass is 194 g/mol. The van der Waals surface area contributed by atoms with Gasteiger partial charge in [0.25, 0.3) is 0 Å². The van der Waals surface area contributed by atoms with Gasteiger partial charge in [0.05, 0.1) is 6.07 Å². The Bertz CT molecular complexity index is 247. The highest BCUT2D eigenvalue weighted by Crippen LogP contribution is 2.27. The van der Waals surface area contributed by atoms with Crippen molar-refractivity contribution in [1.82, 2.24) is 5.32 Å². The number of carbonyl (C=O) groups is 1. The normalized spacial score (nSPS) is 17.8. The molecular formula is C11H18N2O. The van der Waals surface area contributed by atoms with Gasteiger partial charge in [-0.05, 0) is 32.6 Å². The topological polar surface area (TPSA) is 52.9 Å². The summed E-state index contributed by atoms with van der Waals surface area (Å²) in [5, 5.41) is 11.5. The van der Waals surface area contributed by atoms with Crippen LogP contribution in [0.5, 0.6) is 0 Å². The Labute approximate surface area is 85.5 Å². The van der Waals surface area contributed by atoms with Crippen molar-refractivity contribution in [3.63, 3.8) is 0 Å². The summed E-state index contributed by atoms with van der Waals surface area (Å²) in [5.41, 5.74) is -0.727. The van der Waals surface area contributed by atoms with Crippen LogP contribution in [0.15, 0.2) is 0 Å². The molecule has 0 aromatic heterocycles. The molecule has 0 unspecified atom stereocenters. The highest BCUT2D eigenvalue weighted by molar-refractivity contribution is 5.77. The number of carbonyl (C=O) groups excluding carboxylic acids is 1. The van der Waals surface area contributed by atoms with Crippen LogP contribution in [0.3, 0.4) is 0 Å². The van der Waals surface area contributed by atoms with Crippen molar-refractivity contribution >= 4 is 5.91 Å². The van der Waals surface area contributed by atoms with E-state index in [9.17, 15) is 4.79 Å². The summed E-state index contributed by atoms with van der Waals surface area (Å²) in [6.07, 6.45) is 5.42. The maximum Gasteiger partial charge on any atom is 0.221 e. The van der Waals surface area contributed by atoms with E-state index in [4.69, 9.17) is 5.26 Å². The maximum atomic E-state index is 11.5. The van der Waals surface area contributed by atoms with E-state index in [1.807, 2.05) is 0 Å². The summed E-state index contributed by atoms with van der Waals surface area (Å²) in [4.78, 5) is 11.5. The Kier molecular flexibility index (Phi) is 3.51. The predicted octanol–water partition coefficient (Wildman–Crippen LogP) is 1.99. The molecule has 1 amide bonds. The molecule has 0 heterocycles. The number of amides is 1. The van der Waals surface area contributed by atoms with E-state index in [-0.39, 0.29) is 5.91 Å². The Morgan fingerprint density at radius 1 is 1.50 bits per heavy atom. The lowest BCUT2D eigenvalue weighted by Gasteiger charge is -2.18. The fourth-order valence-electron chi connectivity index (χ4n) is 1.90. The van der Waals surface area contributed by atoms with Crippen LogP contribution in [0.4, 0.5) is 0 Å². The molecule has 0 atom stereocenters. The third-order valence-electron chi connectivity index (χ3n) is 2.68. The SMILES string of the molecule is CC(C)(C#N)NC(=O)CC1CCCC1. The van der Waals surface area contributed by atoms with Crippen molar-refractivity contribution in [2.75, 3.05) is 0 Å². The van der Waals surface area contributed by atoms with Crippen LogP contribution in [0, 0.1) is 17.2 Å². The van der Waals surface area contributed by atoms with E-state index in [1.165, 1.54) is 25.7 Å². The Morgan fingerprint density at radius 2 is 2.07 bits per heavy atom. The number of nitriles is 1. The molecule has 0 bridgehead atoms. The number of rotatable bonds is 3. The first kappa shape index (κ1) is 11.0. The molecule has 0 aliphatic heterocycles. The highest BCUT2D eigenvalue weighted by Gasteiger charge is 2.23. The van der Waals surface area contributed by atoms with Gasteiger partial charge in [0.2, 0.25) is 5.91 Å². The summed E-state index contributed by atoms with van der Waals surface area (Å²) >= 11 is 0. The van der Waals surface area contributed by atoms with Gasteiger partial charge < -0.3 is 5.32 Å². The molecule has 1 saturated carbocycles. The molecule has 1 N–H and O–H groups in total. The van der Waals surface area contributed by atoms with Gasteiger partial charge in [-0.1, -0.05) is 12.8 Å². The minimum absolute atomic E-state index is 0.0171. The van der Waals surface area contributed by atoms with Crippen molar-refractivity contribution in [2.45, 2.75) is 51.5 Å². The molecule has 1 fully saturated rings. The van der Waals surface area contributed by atoms with E-state index in [0.29, 0.717) is 12.3 Å². The second kappa shape index (κ2) is 4.45. The van der Waals surface area contributed by atoms with E-state index in [1.54, 1.807) is 13.8 Å². The van der Waals surface area contributed by atoms with Crippen molar-refractivity contribution in [2.24, 2.45) is 5.92 Å². The van der Waals surface area contributed by atoms with Crippen molar-refractivity contribution in [3.8, 4) is 6.07 Å². The molecule has 3 nitrogen and oxygen atoms in total. The zero-order chi connectivity index (χ0) is 10.6. The van der Waals surface area contributed by atoms with Gasteiger partial charge in [0.15, 0.2) is 0 Å². The third-order valence-corrected chi connectivity index (χ3v) is 2.68. The summed E-state index contributed by atoms with van der Waals surface area (Å²) in [6.45, 7) is 3.44. The van der Waals surface area contributed by atoms with Crippen LogP contribution in [-0.2, 0) is 4.79 Å². The molecule has 0 aromatic carbocycles. The lowest BCUT2D eigenvalue weighted by atomic mass is 10.0. The Morgan fingerprint density at radius 3 is 2.57 bits per heavy atom. The van der Waals surface area contributed by atoms with Gasteiger partial charge in [0, 0.05) is 6.42 Å². The van der Waals surface area contributed by atoms with Gasteiger partial charge in [-0.3, -0.25) is 4.79 Å². The Hall–Kier alpha value is -1.04. The first-order valence-corrected chi connectivity index (χ1v) is 5.26. The molecule has 0 saturated heterocycles. The van der Waals surface area contributed by atoms with Gasteiger partial charge in [0.1, 0.15) is 5.54 Å². The van der Waals surface area contributed by atoms with E-state index < -0.39 is 5.54 Å². The predicted molar refractivity (Wildman–Crippen MR) is 54.4 cm³/mol. The fourth-order valence-corrected chi connectivity index (χ4v) is 1.90. The molecule has 14 heavy (non-hydrogen) atoms. The molecule has 78 valence electrons. The standard InChI is InChI=1S/C11H18N2O/c1-11(2,8-12)13-10(14)7-9-5-3-4-6-9/h9H,3-7H2,1-2H3,(H,13,14). The molecule has 1 rings (SSSR count). The molecule has 1 aliphatic carbocycles. The van der Waals surface area contributed by atoms with Crippen LogP contribution in [-0.4, -0.2) is 11.4 Å². The minimum atomic E-state index is -0.727. The summed E-state index contributed by atoms with van der Waals surface area (Å²) in [6, 6.07) is 2.07. The van der Waals surface area contributed by atoms with Crippen molar-refractivity contribution in [1.29, 1.82) is 5.26 Å². The lowest BCUT2D eigenvalue weighted by molar-refractivity contribution is -0.123. The van der Waals surface area contributed by atoms with Crippen LogP contribution < -0.4 is 5.32 Å². The zero-order valence-corrected chi connectivity index (χ0v) is 8.97. The fraction of sp³-hybridized carbons (Fsp3) is 0.818. The molecule has 3 heteroatoms. The molecule has 0 radical (unpaired) electrons. The lowest BCUT2D eigenvalue weighted by Crippen LogP contribution is -2.42. The smallest absolute Gasteiger partial charge is 0.221 e. The van der Waals surface area contributed by atoms with E-state index in [2.05, 4.69) is 11.4 Å². The van der Waals surface area contributed by atoms with E-state index in [0.717, 1.165) is 0 Å². The first-order chi connectivity index (χ1) is 6.53. The molecular weight excluding hydrogens is 176 g/mol.